The molecular weight excluding hydrogens is 416 g/mol. The van der Waals surface area contributed by atoms with E-state index in [-0.39, 0.29) is 18.2 Å². The molecule has 1 aromatic carbocycles. The van der Waals surface area contributed by atoms with Crippen LogP contribution in [0.2, 0.25) is 0 Å². The lowest BCUT2D eigenvalue weighted by Crippen LogP contribution is -2.43. The van der Waals surface area contributed by atoms with Gasteiger partial charge < -0.3 is 0 Å². The molecule has 0 spiro atoms. The van der Waals surface area contributed by atoms with Crippen LogP contribution in [0.1, 0.15) is 28.2 Å². The topological polar surface area (TPSA) is 83.6 Å². The summed E-state index contributed by atoms with van der Waals surface area (Å²) in [4.78, 5) is 2.14. The average Bonchev–Trinajstić information content (AvgIpc) is 3.00. The van der Waals surface area contributed by atoms with E-state index in [0.717, 1.165) is 28.2 Å². The Morgan fingerprint density at radius 3 is 2.50 bits per heavy atom. The second-order valence-corrected chi connectivity index (χ2v) is 12.4. The van der Waals surface area contributed by atoms with Gasteiger partial charge in [-0.1, -0.05) is 30.3 Å². The van der Waals surface area contributed by atoms with Crippen molar-refractivity contribution in [1.82, 2.24) is 9.03 Å². The number of rotatable bonds is 7. The second-order valence-electron chi connectivity index (χ2n) is 7.24. The lowest BCUT2D eigenvalue weighted by Gasteiger charge is -2.32. The van der Waals surface area contributed by atoms with Crippen molar-refractivity contribution in [2.24, 2.45) is 5.92 Å². The molecule has 0 saturated carbocycles. The molecule has 0 aliphatic carbocycles. The fourth-order valence-corrected chi connectivity index (χ4v) is 7.81. The van der Waals surface area contributed by atoms with Crippen LogP contribution in [0, 0.1) is 19.8 Å². The molecule has 154 valence electrons. The Labute approximate surface area is 171 Å². The first-order valence-corrected chi connectivity index (χ1v) is 13.2. The lowest BCUT2D eigenvalue weighted by atomic mass is 10.0. The lowest BCUT2D eigenvalue weighted by molar-refractivity contribution is 0.267. The molecule has 0 amide bonds. The van der Waals surface area contributed by atoms with Crippen molar-refractivity contribution >= 4 is 31.4 Å². The standard InChI is InChI=1S/C19H26N2O4S3/c1-15-11-19(16(2)26-15)28(24,25)21-10-6-9-18(13-21)12-20-27(22,23)14-17-7-4-3-5-8-17/h3-5,7-8,11,18,20H,6,9-10,12-14H2,1-2H3/t18-/m0/s1. The monoisotopic (exact) mass is 442 g/mol. The predicted molar refractivity (Wildman–Crippen MR) is 112 cm³/mol. The molecule has 1 aromatic heterocycles. The van der Waals surface area contributed by atoms with Crippen molar-refractivity contribution in [3.63, 3.8) is 0 Å². The van der Waals surface area contributed by atoms with Crippen molar-refractivity contribution in [2.75, 3.05) is 19.6 Å². The van der Waals surface area contributed by atoms with Crippen molar-refractivity contribution in [3.05, 3.63) is 51.7 Å². The number of thiophene rings is 1. The Hall–Kier alpha value is -1.26. The number of sulfonamides is 2. The molecule has 1 atom stereocenters. The molecule has 6 nitrogen and oxygen atoms in total. The zero-order valence-corrected chi connectivity index (χ0v) is 18.5. The minimum atomic E-state index is -3.54. The molecule has 2 aromatic rings. The van der Waals surface area contributed by atoms with Crippen LogP contribution in [0.3, 0.4) is 0 Å². The molecule has 1 fully saturated rings. The fraction of sp³-hybridized carbons (Fsp3) is 0.474. The van der Waals surface area contributed by atoms with Gasteiger partial charge >= 0.3 is 0 Å². The van der Waals surface area contributed by atoms with E-state index >= 15 is 0 Å². The van der Waals surface area contributed by atoms with E-state index in [1.165, 1.54) is 15.6 Å². The van der Waals surface area contributed by atoms with E-state index in [4.69, 9.17) is 0 Å². The fourth-order valence-electron chi connectivity index (χ4n) is 3.50. The Bertz CT molecular complexity index is 1010. The summed E-state index contributed by atoms with van der Waals surface area (Å²) in [7, 11) is -7.00. The van der Waals surface area contributed by atoms with Crippen LogP contribution in [0.25, 0.3) is 0 Å². The minimum Gasteiger partial charge on any atom is -0.215 e. The number of benzene rings is 1. The summed E-state index contributed by atoms with van der Waals surface area (Å²) in [5.74, 6) is -0.107. The van der Waals surface area contributed by atoms with E-state index < -0.39 is 20.0 Å². The van der Waals surface area contributed by atoms with Gasteiger partial charge in [-0.2, -0.15) is 4.31 Å². The van der Waals surface area contributed by atoms with Crippen LogP contribution in [0.5, 0.6) is 0 Å². The predicted octanol–water partition coefficient (Wildman–Crippen LogP) is 2.89. The first-order valence-electron chi connectivity index (χ1n) is 9.26. The van der Waals surface area contributed by atoms with E-state index in [1.807, 2.05) is 32.0 Å². The third-order valence-corrected chi connectivity index (χ3v) is 9.29. The SMILES string of the molecule is Cc1cc(S(=O)(=O)N2CCC[C@@H](CNS(=O)(=O)Cc3ccccc3)C2)c(C)s1. The molecule has 2 heterocycles. The van der Waals surface area contributed by atoms with Gasteiger partial charge in [-0.05, 0) is 44.2 Å². The molecule has 28 heavy (non-hydrogen) atoms. The molecule has 0 bridgehead atoms. The molecule has 3 rings (SSSR count). The van der Waals surface area contributed by atoms with E-state index in [9.17, 15) is 16.8 Å². The highest BCUT2D eigenvalue weighted by Gasteiger charge is 2.32. The quantitative estimate of drug-likeness (QED) is 0.715. The van der Waals surface area contributed by atoms with E-state index in [2.05, 4.69) is 4.72 Å². The van der Waals surface area contributed by atoms with Crippen molar-refractivity contribution in [3.8, 4) is 0 Å². The van der Waals surface area contributed by atoms with Crippen LogP contribution >= 0.6 is 11.3 Å². The second kappa shape index (κ2) is 8.62. The number of nitrogens with one attached hydrogen (secondary N) is 1. The van der Waals surface area contributed by atoms with Crippen molar-refractivity contribution in [2.45, 2.75) is 37.3 Å². The zero-order chi connectivity index (χ0) is 20.4. The maximum Gasteiger partial charge on any atom is 0.244 e. The smallest absolute Gasteiger partial charge is 0.215 e. The largest absolute Gasteiger partial charge is 0.244 e. The summed E-state index contributed by atoms with van der Waals surface area (Å²) in [5, 5.41) is 0. The van der Waals surface area contributed by atoms with Gasteiger partial charge in [0.15, 0.2) is 0 Å². The first kappa shape index (κ1) is 21.4. The molecule has 9 heteroatoms. The third-order valence-electron chi connectivity index (χ3n) is 4.89. The summed E-state index contributed by atoms with van der Waals surface area (Å²) < 4.78 is 54.9. The number of hydrogen-bond donors (Lipinski definition) is 1. The third kappa shape index (κ3) is 5.21. The highest BCUT2D eigenvalue weighted by molar-refractivity contribution is 7.89. The normalized spacial score (nSPS) is 19.0. The minimum absolute atomic E-state index is 0.0332. The van der Waals surface area contributed by atoms with Gasteiger partial charge in [-0.3, -0.25) is 0 Å². The van der Waals surface area contributed by atoms with E-state index in [0.29, 0.717) is 18.0 Å². The molecule has 1 aliphatic heterocycles. The zero-order valence-electron chi connectivity index (χ0n) is 16.1. The van der Waals surface area contributed by atoms with Crippen molar-refractivity contribution < 1.29 is 16.8 Å². The molecule has 1 saturated heterocycles. The highest BCUT2D eigenvalue weighted by atomic mass is 32.2. The van der Waals surface area contributed by atoms with Crippen LogP contribution < -0.4 is 4.72 Å². The van der Waals surface area contributed by atoms with Gasteiger partial charge in [0.05, 0.1) is 10.6 Å². The van der Waals surface area contributed by atoms with Crippen LogP contribution in [-0.2, 0) is 25.8 Å². The maximum atomic E-state index is 13.0. The molecule has 1 aliphatic rings. The number of aryl methyl sites for hydroxylation is 2. The highest BCUT2D eigenvalue weighted by Crippen LogP contribution is 2.30. The summed E-state index contributed by atoms with van der Waals surface area (Å²) in [6.07, 6.45) is 1.54. The molecule has 1 N–H and O–H groups in total. The summed E-state index contributed by atoms with van der Waals surface area (Å²) in [5.41, 5.74) is 0.728. The van der Waals surface area contributed by atoms with Crippen LogP contribution in [-0.4, -0.2) is 40.8 Å². The maximum absolute atomic E-state index is 13.0. The van der Waals surface area contributed by atoms with Gasteiger partial charge in [-0.25, -0.2) is 21.6 Å². The average molecular weight is 443 g/mol. The summed E-state index contributed by atoms with van der Waals surface area (Å²) in [6, 6.07) is 10.7. The van der Waals surface area contributed by atoms with Gasteiger partial charge in [0.25, 0.3) is 0 Å². The Kier molecular flexibility index (Phi) is 6.61. The Morgan fingerprint density at radius 1 is 1.14 bits per heavy atom. The Morgan fingerprint density at radius 2 is 1.86 bits per heavy atom. The molecular formula is C19H26N2O4S3. The summed E-state index contributed by atoms with van der Waals surface area (Å²) in [6.45, 7) is 4.79. The van der Waals surface area contributed by atoms with Gasteiger partial charge in [0, 0.05) is 29.4 Å². The molecule has 0 unspecified atom stereocenters. The van der Waals surface area contributed by atoms with E-state index in [1.54, 1.807) is 18.2 Å². The Balaban J connectivity index is 1.63. The van der Waals surface area contributed by atoms with Gasteiger partial charge in [0.2, 0.25) is 20.0 Å². The van der Waals surface area contributed by atoms with Gasteiger partial charge in [-0.15, -0.1) is 11.3 Å². The summed E-state index contributed by atoms with van der Waals surface area (Å²) >= 11 is 1.48. The number of hydrogen-bond acceptors (Lipinski definition) is 5. The first-order chi connectivity index (χ1) is 13.2. The van der Waals surface area contributed by atoms with Crippen LogP contribution in [0.15, 0.2) is 41.3 Å². The van der Waals surface area contributed by atoms with Crippen LogP contribution in [0.4, 0.5) is 0 Å². The number of piperidine rings is 1. The van der Waals surface area contributed by atoms with Gasteiger partial charge in [0.1, 0.15) is 0 Å². The van der Waals surface area contributed by atoms with Crippen molar-refractivity contribution in [1.29, 1.82) is 0 Å². The number of nitrogens with zero attached hydrogens (tertiary/aromatic N) is 1. The molecule has 0 radical (unpaired) electrons.